The van der Waals surface area contributed by atoms with Gasteiger partial charge in [-0.2, -0.15) is 0 Å². The Kier molecular flexibility index (Phi) is 6.10. The first-order valence-electron chi connectivity index (χ1n) is 8.30. The third-order valence-corrected chi connectivity index (χ3v) is 3.89. The number of morpholine rings is 1. The van der Waals surface area contributed by atoms with Gasteiger partial charge in [0.1, 0.15) is 12.7 Å². The first-order chi connectivity index (χ1) is 12.2. The molecule has 0 amide bonds. The fourth-order valence-electron chi connectivity index (χ4n) is 2.59. The van der Waals surface area contributed by atoms with Gasteiger partial charge in [-0.3, -0.25) is 4.90 Å². The van der Waals surface area contributed by atoms with E-state index in [2.05, 4.69) is 15.2 Å². The van der Waals surface area contributed by atoms with Crippen molar-refractivity contribution < 1.29 is 19.4 Å². The Bertz CT molecular complexity index is 670. The second-order valence-electron chi connectivity index (χ2n) is 5.94. The summed E-state index contributed by atoms with van der Waals surface area (Å²) in [4.78, 5) is 14.1. The van der Waals surface area contributed by atoms with Crippen LogP contribution in [0.1, 0.15) is 16.1 Å². The van der Waals surface area contributed by atoms with Crippen molar-refractivity contribution in [3.05, 3.63) is 47.8 Å². The Balaban J connectivity index is 1.43. The van der Waals surface area contributed by atoms with Gasteiger partial charge in [-0.15, -0.1) is 5.10 Å². The zero-order chi connectivity index (χ0) is 17.5. The number of rotatable bonds is 7. The fourth-order valence-corrected chi connectivity index (χ4v) is 2.59. The third kappa shape index (κ3) is 5.35. The van der Waals surface area contributed by atoms with E-state index in [-0.39, 0.29) is 13.2 Å². The van der Waals surface area contributed by atoms with E-state index in [9.17, 15) is 9.90 Å². The lowest BCUT2D eigenvalue weighted by atomic mass is 10.2. The Morgan fingerprint density at radius 2 is 2.04 bits per heavy atom. The van der Waals surface area contributed by atoms with E-state index in [1.165, 1.54) is 0 Å². The molecule has 2 heterocycles. The number of carbonyl (C=O) groups excluding carboxylic acids is 1. The number of hydrogen-bond donors (Lipinski definition) is 1. The van der Waals surface area contributed by atoms with Crippen molar-refractivity contribution in [2.45, 2.75) is 19.2 Å². The van der Waals surface area contributed by atoms with Crippen molar-refractivity contribution in [1.82, 2.24) is 19.9 Å². The van der Waals surface area contributed by atoms with Gasteiger partial charge in [-0.25, -0.2) is 9.48 Å². The van der Waals surface area contributed by atoms with Crippen LogP contribution in [0.15, 0.2) is 36.5 Å². The smallest absolute Gasteiger partial charge is 0.338 e. The molecule has 1 fully saturated rings. The molecule has 1 saturated heterocycles. The van der Waals surface area contributed by atoms with Crippen LogP contribution in [-0.2, 0) is 22.6 Å². The molecule has 1 aromatic heterocycles. The minimum atomic E-state index is -0.842. The predicted octanol–water partition coefficient (Wildman–Crippen LogP) is 0.328. The minimum Gasteiger partial charge on any atom is -0.459 e. The second-order valence-corrected chi connectivity index (χ2v) is 5.94. The number of nitrogens with zero attached hydrogens (tertiary/aromatic N) is 4. The van der Waals surface area contributed by atoms with Crippen LogP contribution < -0.4 is 0 Å². The molecule has 8 nitrogen and oxygen atoms in total. The number of esters is 1. The summed E-state index contributed by atoms with van der Waals surface area (Å²) < 4.78 is 12.0. The van der Waals surface area contributed by atoms with Gasteiger partial charge in [-0.05, 0) is 12.1 Å². The molecule has 1 aromatic carbocycles. The van der Waals surface area contributed by atoms with E-state index in [0.29, 0.717) is 12.1 Å². The van der Waals surface area contributed by atoms with Crippen molar-refractivity contribution in [3.8, 4) is 0 Å². The van der Waals surface area contributed by atoms with Crippen molar-refractivity contribution in [1.29, 1.82) is 0 Å². The van der Waals surface area contributed by atoms with Crippen LogP contribution in [0.4, 0.5) is 0 Å². The van der Waals surface area contributed by atoms with Crippen LogP contribution >= 0.6 is 0 Å². The zero-order valence-electron chi connectivity index (χ0n) is 14.0. The van der Waals surface area contributed by atoms with Crippen LogP contribution in [-0.4, -0.2) is 70.0 Å². The van der Waals surface area contributed by atoms with Crippen LogP contribution in [0.25, 0.3) is 0 Å². The average Bonchev–Trinajstić information content (AvgIpc) is 3.08. The van der Waals surface area contributed by atoms with E-state index in [1.807, 2.05) is 6.07 Å². The van der Waals surface area contributed by atoms with E-state index in [4.69, 9.17) is 9.47 Å². The summed E-state index contributed by atoms with van der Waals surface area (Å²) in [5, 5.41) is 18.2. The van der Waals surface area contributed by atoms with Crippen LogP contribution in [0.3, 0.4) is 0 Å². The number of benzene rings is 1. The summed E-state index contributed by atoms with van der Waals surface area (Å²) in [5.74, 6) is -0.453. The van der Waals surface area contributed by atoms with Gasteiger partial charge in [0.2, 0.25) is 0 Å². The van der Waals surface area contributed by atoms with Gasteiger partial charge in [0, 0.05) is 25.8 Å². The standard InChI is InChI=1S/C17H22N4O4/c22-16(13-25-17(23)14-4-2-1-3-5-14)12-21-11-15(18-19-21)10-20-6-8-24-9-7-20/h1-5,11,16,22H,6-10,12-13H2. The van der Waals surface area contributed by atoms with Crippen molar-refractivity contribution >= 4 is 5.97 Å². The lowest BCUT2D eigenvalue weighted by Gasteiger charge is -2.25. The summed E-state index contributed by atoms with van der Waals surface area (Å²) >= 11 is 0. The van der Waals surface area contributed by atoms with E-state index in [0.717, 1.165) is 32.0 Å². The van der Waals surface area contributed by atoms with Gasteiger partial charge in [0.15, 0.2) is 0 Å². The van der Waals surface area contributed by atoms with Gasteiger partial charge < -0.3 is 14.6 Å². The molecule has 25 heavy (non-hydrogen) atoms. The lowest BCUT2D eigenvalue weighted by molar-refractivity contribution is 0.0207. The topological polar surface area (TPSA) is 89.7 Å². The van der Waals surface area contributed by atoms with Gasteiger partial charge in [0.05, 0.1) is 31.0 Å². The number of aromatic nitrogens is 3. The molecule has 0 bridgehead atoms. The SMILES string of the molecule is O=C(OCC(O)Cn1cc(CN2CCOCC2)nn1)c1ccccc1. The fraction of sp³-hybridized carbons (Fsp3) is 0.471. The summed E-state index contributed by atoms with van der Waals surface area (Å²) in [6.45, 7) is 4.07. The number of carbonyl (C=O) groups is 1. The third-order valence-electron chi connectivity index (χ3n) is 3.89. The van der Waals surface area contributed by atoms with Gasteiger partial charge in [-0.1, -0.05) is 23.4 Å². The Hall–Kier alpha value is -2.29. The second kappa shape index (κ2) is 8.70. The molecule has 0 aliphatic carbocycles. The van der Waals surface area contributed by atoms with Crippen molar-refractivity contribution in [3.63, 3.8) is 0 Å². The molecule has 0 saturated carbocycles. The van der Waals surface area contributed by atoms with E-state index in [1.54, 1.807) is 35.1 Å². The molecule has 8 heteroatoms. The molecule has 1 atom stereocenters. The molecule has 1 N–H and O–H groups in total. The van der Waals surface area contributed by atoms with Crippen molar-refractivity contribution in [2.24, 2.45) is 0 Å². The molecule has 0 spiro atoms. The largest absolute Gasteiger partial charge is 0.459 e. The van der Waals surface area contributed by atoms with Crippen LogP contribution in [0, 0.1) is 0 Å². The maximum atomic E-state index is 11.8. The summed E-state index contributed by atoms with van der Waals surface area (Å²) in [5.41, 5.74) is 1.30. The summed E-state index contributed by atoms with van der Waals surface area (Å²) in [7, 11) is 0. The highest BCUT2D eigenvalue weighted by molar-refractivity contribution is 5.89. The summed E-state index contributed by atoms with van der Waals surface area (Å²) in [6.07, 6.45) is 0.961. The Morgan fingerprint density at radius 3 is 2.80 bits per heavy atom. The maximum absolute atomic E-state index is 11.8. The number of ether oxygens (including phenoxy) is 2. The molecular weight excluding hydrogens is 324 g/mol. The maximum Gasteiger partial charge on any atom is 0.338 e. The number of hydrogen-bond acceptors (Lipinski definition) is 7. The first-order valence-corrected chi connectivity index (χ1v) is 8.30. The molecular formula is C17H22N4O4. The highest BCUT2D eigenvalue weighted by Crippen LogP contribution is 2.05. The predicted molar refractivity (Wildman–Crippen MR) is 88.8 cm³/mol. The molecule has 1 aliphatic heterocycles. The molecule has 134 valence electrons. The average molecular weight is 346 g/mol. The normalized spacial score (nSPS) is 16.5. The highest BCUT2D eigenvalue weighted by Gasteiger charge is 2.15. The zero-order valence-corrected chi connectivity index (χ0v) is 14.0. The summed E-state index contributed by atoms with van der Waals surface area (Å²) in [6, 6.07) is 8.69. The van der Waals surface area contributed by atoms with E-state index < -0.39 is 12.1 Å². The molecule has 3 rings (SSSR count). The Morgan fingerprint density at radius 1 is 1.28 bits per heavy atom. The van der Waals surface area contributed by atoms with Crippen LogP contribution in [0.2, 0.25) is 0 Å². The van der Waals surface area contributed by atoms with Crippen molar-refractivity contribution in [2.75, 3.05) is 32.9 Å². The quantitative estimate of drug-likeness (QED) is 0.723. The number of aliphatic hydroxyl groups is 1. The molecule has 0 radical (unpaired) electrons. The monoisotopic (exact) mass is 346 g/mol. The molecule has 1 aliphatic rings. The van der Waals surface area contributed by atoms with Crippen LogP contribution in [0.5, 0.6) is 0 Å². The van der Waals surface area contributed by atoms with Gasteiger partial charge in [0.25, 0.3) is 0 Å². The number of aliphatic hydroxyl groups excluding tert-OH is 1. The highest BCUT2D eigenvalue weighted by atomic mass is 16.5. The Labute approximate surface area is 146 Å². The lowest BCUT2D eigenvalue weighted by Crippen LogP contribution is -2.35. The first kappa shape index (κ1) is 17.5. The molecule has 2 aromatic rings. The minimum absolute atomic E-state index is 0.0909. The van der Waals surface area contributed by atoms with Gasteiger partial charge >= 0.3 is 5.97 Å². The molecule has 1 unspecified atom stereocenters. The van der Waals surface area contributed by atoms with E-state index >= 15 is 0 Å².